The average molecular weight is 397 g/mol. The summed E-state index contributed by atoms with van der Waals surface area (Å²) in [7, 11) is 0. The number of alkyl halides is 2. The lowest BCUT2D eigenvalue weighted by molar-refractivity contribution is -0.148. The molecule has 8 atom stereocenters. The van der Waals surface area contributed by atoms with Crippen molar-refractivity contribution in [2.75, 3.05) is 13.1 Å². The van der Waals surface area contributed by atoms with Crippen molar-refractivity contribution in [1.29, 1.82) is 0 Å². The number of nitrogens with zero attached hydrogens (tertiary/aromatic N) is 1. The van der Waals surface area contributed by atoms with Gasteiger partial charge in [-0.2, -0.15) is 0 Å². The summed E-state index contributed by atoms with van der Waals surface area (Å²) >= 11 is 6.42. The van der Waals surface area contributed by atoms with E-state index in [1.807, 2.05) is 0 Å². The molecule has 0 radical (unpaired) electrons. The van der Waals surface area contributed by atoms with Crippen molar-refractivity contribution in [3.05, 3.63) is 0 Å². The van der Waals surface area contributed by atoms with E-state index in [9.17, 15) is 9.18 Å². The number of likely N-dealkylation sites (tertiary alicyclic amines) is 1. The fraction of sp³-hybridized carbons (Fsp3) is 0.950. The summed E-state index contributed by atoms with van der Waals surface area (Å²) in [5.41, 5.74) is 7.63. The van der Waals surface area contributed by atoms with Crippen LogP contribution in [0.2, 0.25) is 0 Å². The van der Waals surface area contributed by atoms with Gasteiger partial charge in [-0.25, -0.2) is 4.39 Å². The Kier molecular flexibility index (Phi) is 3.90. The molecule has 1 amide bonds. The van der Waals surface area contributed by atoms with Crippen molar-refractivity contribution in [2.24, 2.45) is 23.2 Å². The molecule has 7 fully saturated rings. The molecule has 0 aromatic rings. The standard InChI is InChI=1S/C20H30ClFN4O/c21-14-3-11(22)4-16-12(14)5-17(23-16)19(27)26-2-1-15-13(9-26)18(25-24-15)20-6-10(7-20)8-20/h10-18,23-25H,1-9H2. The second-order valence-electron chi connectivity index (χ2n) is 10.3. The van der Waals surface area contributed by atoms with E-state index >= 15 is 0 Å². The Bertz CT molecular complexity index is 632. The van der Waals surface area contributed by atoms with Crippen molar-refractivity contribution < 1.29 is 9.18 Å². The first kappa shape index (κ1) is 17.4. The third kappa shape index (κ3) is 2.55. The van der Waals surface area contributed by atoms with Gasteiger partial charge in [-0.3, -0.25) is 15.6 Å². The Labute approximate surface area is 165 Å². The number of hydrogen-bond acceptors (Lipinski definition) is 4. The monoisotopic (exact) mass is 396 g/mol. The molecule has 8 unspecified atom stereocenters. The van der Waals surface area contributed by atoms with E-state index in [2.05, 4.69) is 21.1 Å². The maximum Gasteiger partial charge on any atom is 0.239 e. The van der Waals surface area contributed by atoms with E-state index in [0.717, 1.165) is 31.8 Å². The molecule has 5 nitrogen and oxygen atoms in total. The Morgan fingerprint density at radius 1 is 1.07 bits per heavy atom. The highest BCUT2D eigenvalue weighted by Crippen LogP contribution is 2.67. The molecule has 4 aliphatic carbocycles. The van der Waals surface area contributed by atoms with E-state index < -0.39 is 6.17 Å². The summed E-state index contributed by atoms with van der Waals surface area (Å²) in [6.45, 7) is 1.67. The molecule has 4 saturated carbocycles. The van der Waals surface area contributed by atoms with Crippen LogP contribution in [-0.2, 0) is 4.79 Å². The minimum Gasteiger partial charge on any atom is -0.341 e. The highest BCUT2D eigenvalue weighted by molar-refractivity contribution is 6.21. The SMILES string of the molecule is O=C(C1CC2C(Cl)CC(F)CC2N1)N1CCC2NNC(C34CC(C3)C4)C2C1. The van der Waals surface area contributed by atoms with Gasteiger partial charge in [0, 0.05) is 42.5 Å². The molecule has 7 rings (SSSR count). The quantitative estimate of drug-likeness (QED) is 0.620. The zero-order chi connectivity index (χ0) is 18.3. The fourth-order valence-electron chi connectivity index (χ4n) is 7.25. The van der Waals surface area contributed by atoms with E-state index in [1.54, 1.807) is 0 Å². The van der Waals surface area contributed by atoms with Crippen LogP contribution in [0.5, 0.6) is 0 Å². The summed E-state index contributed by atoms with van der Waals surface area (Å²) in [6, 6.07) is 0.887. The van der Waals surface area contributed by atoms with Crippen molar-refractivity contribution in [3.63, 3.8) is 0 Å². The maximum absolute atomic E-state index is 13.9. The van der Waals surface area contributed by atoms with Gasteiger partial charge >= 0.3 is 0 Å². The zero-order valence-electron chi connectivity index (χ0n) is 15.7. The number of carbonyl (C=O) groups excluding carboxylic acids is 1. The van der Waals surface area contributed by atoms with Crippen LogP contribution in [0, 0.1) is 23.2 Å². The molecule has 3 heterocycles. The van der Waals surface area contributed by atoms with E-state index in [0.29, 0.717) is 36.3 Å². The van der Waals surface area contributed by atoms with Crippen LogP contribution < -0.4 is 16.2 Å². The van der Waals surface area contributed by atoms with Gasteiger partial charge in [0.15, 0.2) is 0 Å². The van der Waals surface area contributed by atoms with Gasteiger partial charge in [0.05, 0.1) is 6.04 Å². The number of hydrogen-bond donors (Lipinski definition) is 3. The molecule has 7 heteroatoms. The number of fused-ring (bicyclic) bond motifs is 2. The van der Waals surface area contributed by atoms with Gasteiger partial charge in [-0.1, -0.05) is 0 Å². The second-order valence-corrected chi connectivity index (χ2v) is 10.8. The van der Waals surface area contributed by atoms with E-state index in [-0.39, 0.29) is 29.3 Å². The molecule has 0 spiro atoms. The summed E-state index contributed by atoms with van der Waals surface area (Å²) in [5.74, 6) is 1.93. The minimum absolute atomic E-state index is 0.0612. The lowest BCUT2D eigenvalue weighted by Gasteiger charge is -2.66. The molecule has 3 aliphatic heterocycles. The molecule has 7 aliphatic rings. The van der Waals surface area contributed by atoms with Gasteiger partial charge in [-0.05, 0) is 62.2 Å². The number of hydrazine groups is 1. The number of carbonyl (C=O) groups is 1. The predicted molar refractivity (Wildman–Crippen MR) is 101 cm³/mol. The Balaban J connectivity index is 1.13. The molecular weight excluding hydrogens is 367 g/mol. The highest BCUT2D eigenvalue weighted by atomic mass is 35.5. The summed E-state index contributed by atoms with van der Waals surface area (Å²) in [5, 5.41) is 3.29. The van der Waals surface area contributed by atoms with Gasteiger partial charge in [-0.15, -0.1) is 11.6 Å². The Morgan fingerprint density at radius 3 is 2.63 bits per heavy atom. The lowest BCUT2D eigenvalue weighted by atomic mass is 9.40. The van der Waals surface area contributed by atoms with Crippen molar-refractivity contribution >= 4 is 17.5 Å². The topological polar surface area (TPSA) is 56.4 Å². The maximum atomic E-state index is 13.9. The molecule has 3 saturated heterocycles. The number of piperidine rings is 1. The summed E-state index contributed by atoms with van der Waals surface area (Å²) < 4.78 is 13.9. The van der Waals surface area contributed by atoms with Crippen molar-refractivity contribution in [2.45, 2.75) is 80.7 Å². The van der Waals surface area contributed by atoms with E-state index in [1.165, 1.54) is 19.3 Å². The predicted octanol–water partition coefficient (Wildman–Crippen LogP) is 1.57. The normalized spacial score (nSPS) is 56.1. The van der Waals surface area contributed by atoms with Crippen LogP contribution in [0.3, 0.4) is 0 Å². The number of amides is 1. The van der Waals surface area contributed by atoms with Crippen LogP contribution in [-0.4, -0.2) is 59.6 Å². The highest BCUT2D eigenvalue weighted by Gasteiger charge is 2.64. The molecule has 2 bridgehead atoms. The third-order valence-electron chi connectivity index (χ3n) is 8.76. The van der Waals surface area contributed by atoms with E-state index in [4.69, 9.17) is 11.6 Å². The van der Waals surface area contributed by atoms with Crippen molar-refractivity contribution in [3.8, 4) is 0 Å². The van der Waals surface area contributed by atoms with Gasteiger partial charge in [0.2, 0.25) is 5.91 Å². The minimum atomic E-state index is -0.838. The second kappa shape index (κ2) is 6.04. The smallest absolute Gasteiger partial charge is 0.239 e. The fourth-order valence-corrected chi connectivity index (χ4v) is 7.72. The van der Waals surface area contributed by atoms with Crippen LogP contribution in [0.4, 0.5) is 4.39 Å². The van der Waals surface area contributed by atoms with Crippen LogP contribution >= 0.6 is 11.6 Å². The molecular formula is C20H30ClFN4O. The summed E-state index contributed by atoms with van der Waals surface area (Å²) in [4.78, 5) is 15.3. The Hall–Kier alpha value is -0.430. The molecule has 0 aromatic carbocycles. The first-order valence-electron chi connectivity index (χ1n) is 10.9. The zero-order valence-corrected chi connectivity index (χ0v) is 16.4. The summed E-state index contributed by atoms with van der Waals surface area (Å²) in [6.07, 6.45) is 6.00. The van der Waals surface area contributed by atoms with Crippen molar-refractivity contribution in [1.82, 2.24) is 21.1 Å². The number of rotatable bonds is 2. The van der Waals surface area contributed by atoms with Crippen LogP contribution in [0.25, 0.3) is 0 Å². The molecule has 3 N–H and O–H groups in total. The van der Waals surface area contributed by atoms with Gasteiger partial charge < -0.3 is 10.2 Å². The largest absolute Gasteiger partial charge is 0.341 e. The molecule has 150 valence electrons. The Morgan fingerprint density at radius 2 is 1.89 bits per heavy atom. The number of nitrogens with one attached hydrogen (secondary N) is 3. The first-order valence-corrected chi connectivity index (χ1v) is 11.3. The molecule has 27 heavy (non-hydrogen) atoms. The van der Waals surface area contributed by atoms with Gasteiger partial charge in [0.25, 0.3) is 0 Å². The lowest BCUT2D eigenvalue weighted by Crippen LogP contribution is -2.65. The first-order chi connectivity index (χ1) is 13.0. The molecule has 0 aromatic heterocycles. The third-order valence-corrected chi connectivity index (χ3v) is 9.26. The average Bonchev–Trinajstić information content (AvgIpc) is 3.16. The number of halogens is 2. The van der Waals surface area contributed by atoms with Gasteiger partial charge in [0.1, 0.15) is 6.17 Å². The van der Waals surface area contributed by atoms with Crippen LogP contribution in [0.1, 0.15) is 44.9 Å². The van der Waals surface area contributed by atoms with Crippen LogP contribution in [0.15, 0.2) is 0 Å².